The van der Waals surface area contributed by atoms with Crippen molar-refractivity contribution >= 4 is 6.03 Å². The Morgan fingerprint density at radius 3 is 2.75 bits per heavy atom. The van der Waals surface area contributed by atoms with E-state index >= 15 is 0 Å². The van der Waals surface area contributed by atoms with Gasteiger partial charge in [0.25, 0.3) is 0 Å². The van der Waals surface area contributed by atoms with Crippen LogP contribution in [0, 0.1) is 0 Å². The van der Waals surface area contributed by atoms with Crippen LogP contribution in [0.3, 0.4) is 0 Å². The summed E-state index contributed by atoms with van der Waals surface area (Å²) >= 11 is 0. The molecule has 0 saturated heterocycles. The second-order valence-electron chi connectivity index (χ2n) is 6.60. The Morgan fingerprint density at radius 2 is 1.92 bits per heavy atom. The van der Waals surface area contributed by atoms with Crippen molar-refractivity contribution in [2.45, 2.75) is 31.4 Å². The maximum atomic E-state index is 12.5. The van der Waals surface area contributed by atoms with E-state index in [9.17, 15) is 4.79 Å². The van der Waals surface area contributed by atoms with Crippen molar-refractivity contribution in [1.29, 1.82) is 0 Å². The van der Waals surface area contributed by atoms with Crippen LogP contribution in [0.5, 0.6) is 5.75 Å². The van der Waals surface area contributed by atoms with E-state index in [4.69, 9.17) is 4.74 Å². The molecule has 1 aliphatic carbocycles. The van der Waals surface area contributed by atoms with E-state index < -0.39 is 0 Å². The van der Waals surface area contributed by atoms with Crippen LogP contribution in [-0.4, -0.2) is 30.6 Å². The summed E-state index contributed by atoms with van der Waals surface area (Å²) in [4.78, 5) is 14.4. The summed E-state index contributed by atoms with van der Waals surface area (Å²) in [6.07, 6.45) is 2.91. The molecule has 0 radical (unpaired) electrons. The highest BCUT2D eigenvalue weighted by Crippen LogP contribution is 2.34. The average Bonchev–Trinajstić information content (AvgIpc) is 3.22. The molecule has 0 saturated carbocycles. The van der Waals surface area contributed by atoms with Gasteiger partial charge in [0.2, 0.25) is 0 Å². The molecule has 0 aromatic heterocycles. The van der Waals surface area contributed by atoms with Gasteiger partial charge in [0.15, 0.2) is 0 Å². The van der Waals surface area contributed by atoms with Gasteiger partial charge in [-0.15, -0.1) is 0 Å². The lowest BCUT2D eigenvalue weighted by Gasteiger charge is -2.26. The maximum Gasteiger partial charge on any atom is 0.317 e. The highest BCUT2D eigenvalue weighted by Gasteiger charge is 2.29. The first-order chi connectivity index (χ1) is 11.7. The lowest BCUT2D eigenvalue weighted by atomic mass is 10.1. The number of hydrogen-bond acceptors (Lipinski definition) is 2. The fourth-order valence-corrected chi connectivity index (χ4v) is 3.77. The van der Waals surface area contributed by atoms with Crippen LogP contribution in [0.2, 0.25) is 0 Å². The standard InChI is InChI=1S/C20H22N2O2/c1-22(18-11-10-14-6-2-4-8-17(14)18)20(23)21-13-16-12-15-7-3-5-9-19(15)24-16/h2-9,16,18H,10-13H2,1H3,(H,21,23)/t16-,18-/m0/s1. The highest BCUT2D eigenvalue weighted by molar-refractivity contribution is 5.74. The molecule has 124 valence electrons. The van der Waals surface area contributed by atoms with Gasteiger partial charge < -0.3 is 15.0 Å². The number of urea groups is 1. The zero-order valence-electron chi connectivity index (χ0n) is 13.9. The largest absolute Gasteiger partial charge is 0.488 e. The minimum Gasteiger partial charge on any atom is -0.488 e. The van der Waals surface area contributed by atoms with Gasteiger partial charge in [0.05, 0.1) is 12.6 Å². The molecule has 4 heteroatoms. The molecule has 2 aromatic rings. The summed E-state index contributed by atoms with van der Waals surface area (Å²) in [5, 5.41) is 3.03. The molecular formula is C20H22N2O2. The van der Waals surface area contributed by atoms with Crippen LogP contribution in [-0.2, 0) is 12.8 Å². The van der Waals surface area contributed by atoms with E-state index in [1.165, 1.54) is 16.7 Å². The van der Waals surface area contributed by atoms with Crippen molar-refractivity contribution < 1.29 is 9.53 Å². The van der Waals surface area contributed by atoms with Crippen LogP contribution in [0.4, 0.5) is 4.79 Å². The molecule has 4 nitrogen and oxygen atoms in total. The molecule has 24 heavy (non-hydrogen) atoms. The fraction of sp³-hybridized carbons (Fsp3) is 0.350. The third-order valence-electron chi connectivity index (χ3n) is 5.08. The zero-order valence-corrected chi connectivity index (χ0v) is 13.9. The number of fused-ring (bicyclic) bond motifs is 2. The average molecular weight is 322 g/mol. The number of carbonyl (C=O) groups is 1. The molecular weight excluding hydrogens is 300 g/mol. The van der Waals surface area contributed by atoms with Gasteiger partial charge in [-0.05, 0) is 35.6 Å². The quantitative estimate of drug-likeness (QED) is 0.942. The minimum atomic E-state index is -0.0312. The maximum absolute atomic E-state index is 12.5. The van der Waals surface area contributed by atoms with Gasteiger partial charge in [-0.3, -0.25) is 0 Å². The van der Waals surface area contributed by atoms with Gasteiger partial charge in [-0.1, -0.05) is 42.5 Å². The number of rotatable bonds is 3. The van der Waals surface area contributed by atoms with Crippen LogP contribution in [0.1, 0.15) is 29.2 Å². The van der Waals surface area contributed by atoms with Gasteiger partial charge in [-0.25, -0.2) is 4.79 Å². The molecule has 1 aliphatic heterocycles. The monoisotopic (exact) mass is 322 g/mol. The van der Waals surface area contributed by atoms with Gasteiger partial charge in [0, 0.05) is 13.5 Å². The smallest absolute Gasteiger partial charge is 0.317 e. The van der Waals surface area contributed by atoms with Gasteiger partial charge in [0.1, 0.15) is 11.9 Å². The van der Waals surface area contributed by atoms with Crippen molar-refractivity contribution in [2.75, 3.05) is 13.6 Å². The number of amides is 2. The Balaban J connectivity index is 1.34. The lowest BCUT2D eigenvalue weighted by molar-refractivity contribution is 0.178. The summed E-state index contributed by atoms with van der Waals surface area (Å²) in [5.74, 6) is 0.940. The Labute approximate surface area is 142 Å². The Bertz CT molecular complexity index is 734. The summed E-state index contributed by atoms with van der Waals surface area (Å²) in [5.41, 5.74) is 3.85. The van der Waals surface area contributed by atoms with E-state index in [0.717, 1.165) is 25.0 Å². The van der Waals surface area contributed by atoms with Crippen LogP contribution in [0.15, 0.2) is 48.5 Å². The SMILES string of the molecule is CN(C(=O)NC[C@@H]1Cc2ccccc2O1)[C@H]1CCc2ccccc21. The van der Waals surface area contributed by atoms with Gasteiger partial charge >= 0.3 is 6.03 Å². The summed E-state index contributed by atoms with van der Waals surface area (Å²) in [6, 6.07) is 16.6. The lowest BCUT2D eigenvalue weighted by Crippen LogP contribution is -2.43. The van der Waals surface area contributed by atoms with Crippen LogP contribution >= 0.6 is 0 Å². The van der Waals surface area contributed by atoms with E-state index in [0.29, 0.717) is 6.54 Å². The number of ether oxygens (including phenoxy) is 1. The molecule has 0 unspecified atom stereocenters. The summed E-state index contributed by atoms with van der Waals surface area (Å²) in [7, 11) is 1.88. The van der Waals surface area contributed by atoms with Crippen LogP contribution < -0.4 is 10.1 Å². The zero-order chi connectivity index (χ0) is 16.5. The molecule has 2 aromatic carbocycles. The van der Waals surface area contributed by atoms with E-state index in [1.807, 2.05) is 36.2 Å². The van der Waals surface area contributed by atoms with Crippen molar-refractivity contribution in [2.24, 2.45) is 0 Å². The molecule has 1 N–H and O–H groups in total. The topological polar surface area (TPSA) is 41.6 Å². The third kappa shape index (κ3) is 2.73. The first-order valence-electron chi connectivity index (χ1n) is 8.55. The number of nitrogens with zero attached hydrogens (tertiary/aromatic N) is 1. The summed E-state index contributed by atoms with van der Waals surface area (Å²) < 4.78 is 5.89. The number of carbonyl (C=O) groups excluding carboxylic acids is 1. The molecule has 2 amide bonds. The number of nitrogens with one attached hydrogen (secondary N) is 1. The van der Waals surface area contributed by atoms with E-state index in [1.54, 1.807) is 0 Å². The van der Waals surface area contributed by atoms with E-state index in [2.05, 4.69) is 29.6 Å². The molecule has 0 spiro atoms. The highest BCUT2D eigenvalue weighted by atomic mass is 16.5. The third-order valence-corrected chi connectivity index (χ3v) is 5.08. The molecule has 2 atom stereocenters. The van der Waals surface area contributed by atoms with Crippen LogP contribution in [0.25, 0.3) is 0 Å². The van der Waals surface area contributed by atoms with Gasteiger partial charge in [-0.2, -0.15) is 0 Å². The molecule has 4 rings (SSSR count). The molecule has 0 bridgehead atoms. The van der Waals surface area contributed by atoms with Crippen molar-refractivity contribution in [1.82, 2.24) is 10.2 Å². The first kappa shape index (κ1) is 15.1. The predicted molar refractivity (Wildman–Crippen MR) is 93.2 cm³/mol. The fourth-order valence-electron chi connectivity index (χ4n) is 3.77. The second kappa shape index (κ2) is 6.19. The Kier molecular flexibility index (Phi) is 3.89. The van der Waals surface area contributed by atoms with E-state index in [-0.39, 0.29) is 18.2 Å². The molecule has 1 heterocycles. The number of hydrogen-bond donors (Lipinski definition) is 1. The number of benzene rings is 2. The number of aryl methyl sites for hydroxylation is 1. The normalized spacial score (nSPS) is 20.9. The van der Waals surface area contributed by atoms with Crippen molar-refractivity contribution in [3.63, 3.8) is 0 Å². The summed E-state index contributed by atoms with van der Waals surface area (Å²) in [6.45, 7) is 0.534. The first-order valence-corrected chi connectivity index (χ1v) is 8.55. The number of para-hydroxylation sites is 1. The Morgan fingerprint density at radius 1 is 1.17 bits per heavy atom. The second-order valence-corrected chi connectivity index (χ2v) is 6.60. The van der Waals surface area contributed by atoms with Crippen molar-refractivity contribution in [3.05, 3.63) is 65.2 Å². The van der Waals surface area contributed by atoms with Crippen molar-refractivity contribution in [3.8, 4) is 5.75 Å². The predicted octanol–water partition coefficient (Wildman–Crippen LogP) is 3.32. The Hall–Kier alpha value is -2.49. The minimum absolute atomic E-state index is 0.0237. The molecule has 0 fully saturated rings. The molecule has 2 aliphatic rings.